The molecule has 1 aliphatic rings. The molecule has 1 atom stereocenters. The van der Waals surface area contributed by atoms with E-state index in [0.717, 1.165) is 25.9 Å². The normalized spacial score (nSPS) is 17.1. The van der Waals surface area contributed by atoms with Crippen molar-refractivity contribution in [3.63, 3.8) is 0 Å². The Kier molecular flexibility index (Phi) is 7.73. The largest absolute Gasteiger partial charge is 0.444 e. The quantitative estimate of drug-likeness (QED) is 0.706. The number of carbonyl (C=O) groups is 2. The van der Waals surface area contributed by atoms with Gasteiger partial charge in [-0.15, -0.1) is 0 Å². The zero-order valence-electron chi connectivity index (χ0n) is 19.0. The maximum absolute atomic E-state index is 12.8. The number of amides is 2. The molecule has 1 aromatic heterocycles. The molecular weight excluding hydrogens is 432 g/mol. The van der Waals surface area contributed by atoms with Crippen LogP contribution in [0.5, 0.6) is 0 Å². The van der Waals surface area contributed by atoms with Crippen LogP contribution in [-0.4, -0.2) is 75.4 Å². The van der Waals surface area contributed by atoms with Crippen LogP contribution in [0.3, 0.4) is 0 Å². The molecule has 9 nitrogen and oxygen atoms in total. The highest BCUT2D eigenvalue weighted by atomic mass is 35.5. The molecule has 1 saturated heterocycles. The van der Waals surface area contributed by atoms with Crippen molar-refractivity contribution in [2.45, 2.75) is 39.2 Å². The molecule has 0 radical (unpaired) electrons. The zero-order chi connectivity index (χ0) is 23.3. The van der Waals surface area contributed by atoms with Crippen LogP contribution in [0.2, 0.25) is 5.02 Å². The zero-order valence-corrected chi connectivity index (χ0v) is 19.8. The van der Waals surface area contributed by atoms with Gasteiger partial charge in [-0.05, 0) is 64.3 Å². The molecule has 1 aliphatic heterocycles. The number of hydrogen-bond donors (Lipinski definition) is 1. The van der Waals surface area contributed by atoms with E-state index in [1.165, 1.54) is 6.33 Å². The summed E-state index contributed by atoms with van der Waals surface area (Å²) in [7, 11) is 1.75. The van der Waals surface area contributed by atoms with Crippen molar-refractivity contribution in [3.05, 3.63) is 35.9 Å². The predicted molar refractivity (Wildman–Crippen MR) is 123 cm³/mol. The van der Waals surface area contributed by atoms with E-state index in [1.54, 1.807) is 41.2 Å². The molecule has 3 rings (SSSR count). The van der Waals surface area contributed by atoms with E-state index < -0.39 is 5.60 Å². The van der Waals surface area contributed by atoms with Gasteiger partial charge in [0.1, 0.15) is 18.3 Å². The Labute approximate surface area is 193 Å². The first-order valence-electron chi connectivity index (χ1n) is 10.7. The average Bonchev–Trinajstić information content (AvgIpc) is 3.21. The van der Waals surface area contributed by atoms with Crippen LogP contribution in [-0.2, 0) is 9.53 Å². The first-order chi connectivity index (χ1) is 15.1. The average molecular weight is 463 g/mol. The molecule has 1 fully saturated rings. The fourth-order valence-electron chi connectivity index (χ4n) is 3.78. The van der Waals surface area contributed by atoms with Crippen molar-refractivity contribution >= 4 is 29.3 Å². The molecule has 1 aromatic carbocycles. The highest BCUT2D eigenvalue weighted by Gasteiger charge is 2.26. The van der Waals surface area contributed by atoms with Gasteiger partial charge in [-0.3, -0.25) is 9.69 Å². The molecule has 1 unspecified atom stereocenters. The van der Waals surface area contributed by atoms with E-state index in [2.05, 4.69) is 20.3 Å². The van der Waals surface area contributed by atoms with Crippen LogP contribution >= 0.6 is 11.6 Å². The van der Waals surface area contributed by atoms with Gasteiger partial charge in [-0.25, -0.2) is 14.5 Å². The van der Waals surface area contributed by atoms with Crippen LogP contribution in [0.15, 0.2) is 30.9 Å². The van der Waals surface area contributed by atoms with E-state index >= 15 is 0 Å². The molecule has 1 N–H and O–H groups in total. The lowest BCUT2D eigenvalue weighted by atomic mass is 9.97. The minimum atomic E-state index is -0.520. The number of piperidine rings is 1. The summed E-state index contributed by atoms with van der Waals surface area (Å²) in [4.78, 5) is 32.7. The van der Waals surface area contributed by atoms with E-state index in [0.29, 0.717) is 22.9 Å². The Balaban J connectivity index is 1.56. The number of ether oxygens (including phenoxy) is 1. The van der Waals surface area contributed by atoms with Gasteiger partial charge in [-0.2, -0.15) is 5.10 Å². The van der Waals surface area contributed by atoms with Crippen molar-refractivity contribution in [1.29, 1.82) is 0 Å². The van der Waals surface area contributed by atoms with Gasteiger partial charge in [0, 0.05) is 25.2 Å². The van der Waals surface area contributed by atoms with Gasteiger partial charge in [-0.1, -0.05) is 11.6 Å². The van der Waals surface area contributed by atoms with Crippen LogP contribution in [0, 0.1) is 5.92 Å². The number of anilines is 1. The summed E-state index contributed by atoms with van der Waals surface area (Å²) in [5.41, 5.74) is 0.745. The minimum absolute atomic E-state index is 0.130. The lowest BCUT2D eigenvalue weighted by molar-refractivity contribution is -0.117. The van der Waals surface area contributed by atoms with Crippen molar-refractivity contribution < 1.29 is 14.3 Å². The Morgan fingerprint density at radius 1 is 1.34 bits per heavy atom. The Bertz CT molecular complexity index is 928. The lowest BCUT2D eigenvalue weighted by Crippen LogP contribution is -2.45. The Hall–Kier alpha value is -2.65. The third-order valence-electron chi connectivity index (χ3n) is 5.11. The summed E-state index contributed by atoms with van der Waals surface area (Å²) in [6.45, 7) is 8.00. The van der Waals surface area contributed by atoms with Crippen molar-refractivity contribution in [3.8, 4) is 5.69 Å². The Morgan fingerprint density at radius 2 is 2.12 bits per heavy atom. The molecule has 32 heavy (non-hydrogen) atoms. The molecule has 2 amide bonds. The SMILES string of the molecule is CN(CC1CCCN(CC(=O)Nc2cc(Cl)ccc2-n2cncn2)C1)C(=O)OC(C)(C)C. The monoisotopic (exact) mass is 462 g/mol. The minimum Gasteiger partial charge on any atom is -0.444 e. The molecule has 0 saturated carbocycles. The summed E-state index contributed by atoms with van der Waals surface area (Å²) in [5.74, 6) is 0.153. The van der Waals surface area contributed by atoms with E-state index in [9.17, 15) is 9.59 Å². The van der Waals surface area contributed by atoms with Crippen molar-refractivity contribution in [1.82, 2.24) is 24.6 Å². The van der Waals surface area contributed by atoms with Gasteiger partial charge in [0.05, 0.1) is 17.9 Å². The fourth-order valence-corrected chi connectivity index (χ4v) is 3.95. The topological polar surface area (TPSA) is 92.6 Å². The third-order valence-corrected chi connectivity index (χ3v) is 5.34. The molecule has 174 valence electrons. The molecule has 10 heteroatoms. The molecule has 0 aliphatic carbocycles. The smallest absolute Gasteiger partial charge is 0.410 e. The van der Waals surface area contributed by atoms with Gasteiger partial charge in [0.15, 0.2) is 0 Å². The van der Waals surface area contributed by atoms with E-state index in [-0.39, 0.29) is 24.5 Å². The third kappa shape index (κ3) is 6.93. The van der Waals surface area contributed by atoms with Crippen LogP contribution in [0.25, 0.3) is 5.69 Å². The summed E-state index contributed by atoms with van der Waals surface area (Å²) in [6.07, 6.45) is 4.66. The molecule has 0 spiro atoms. The number of nitrogens with one attached hydrogen (secondary N) is 1. The number of likely N-dealkylation sites (tertiary alicyclic amines) is 1. The number of carbonyl (C=O) groups excluding carboxylic acids is 2. The number of aromatic nitrogens is 3. The molecular formula is C22H31ClN6O3. The lowest BCUT2D eigenvalue weighted by Gasteiger charge is -2.34. The number of nitrogens with zero attached hydrogens (tertiary/aromatic N) is 5. The van der Waals surface area contributed by atoms with Gasteiger partial charge in [0.2, 0.25) is 5.91 Å². The highest BCUT2D eigenvalue weighted by Crippen LogP contribution is 2.24. The molecule has 2 heterocycles. The summed E-state index contributed by atoms with van der Waals surface area (Å²) in [5, 5.41) is 7.60. The second-order valence-electron chi connectivity index (χ2n) is 9.15. The first-order valence-corrected chi connectivity index (χ1v) is 11.1. The van der Waals surface area contributed by atoms with Gasteiger partial charge in [0.25, 0.3) is 0 Å². The summed E-state index contributed by atoms with van der Waals surface area (Å²) in [6, 6.07) is 5.23. The number of hydrogen-bond acceptors (Lipinski definition) is 6. The maximum Gasteiger partial charge on any atom is 0.410 e. The van der Waals surface area contributed by atoms with Crippen molar-refractivity contribution in [2.75, 3.05) is 38.5 Å². The van der Waals surface area contributed by atoms with Gasteiger partial charge < -0.3 is 15.0 Å². The van der Waals surface area contributed by atoms with Crippen LogP contribution in [0.1, 0.15) is 33.6 Å². The second-order valence-corrected chi connectivity index (χ2v) is 9.59. The van der Waals surface area contributed by atoms with Crippen LogP contribution < -0.4 is 5.32 Å². The fraction of sp³-hybridized carbons (Fsp3) is 0.545. The number of benzene rings is 1. The van der Waals surface area contributed by atoms with E-state index in [1.807, 2.05) is 20.8 Å². The van der Waals surface area contributed by atoms with Crippen LogP contribution in [0.4, 0.5) is 10.5 Å². The highest BCUT2D eigenvalue weighted by molar-refractivity contribution is 6.31. The number of rotatable bonds is 6. The summed E-state index contributed by atoms with van der Waals surface area (Å²) < 4.78 is 7.02. The number of halogens is 1. The van der Waals surface area contributed by atoms with Gasteiger partial charge >= 0.3 is 6.09 Å². The molecule has 0 bridgehead atoms. The first kappa shape index (κ1) is 24.0. The Morgan fingerprint density at radius 3 is 2.81 bits per heavy atom. The standard InChI is InChI=1S/C22H31ClN6O3/c1-22(2,3)32-21(31)27(4)11-16-6-5-9-28(12-16)13-20(30)26-18-10-17(23)7-8-19(18)29-15-24-14-25-29/h7-8,10,14-16H,5-6,9,11-13H2,1-4H3,(H,26,30). The predicted octanol–water partition coefficient (Wildman–Crippen LogP) is 3.44. The second kappa shape index (κ2) is 10.3. The maximum atomic E-state index is 12.8. The van der Waals surface area contributed by atoms with Crippen molar-refractivity contribution in [2.24, 2.45) is 5.92 Å². The molecule has 2 aromatic rings. The summed E-state index contributed by atoms with van der Waals surface area (Å²) >= 11 is 6.14. The van der Waals surface area contributed by atoms with E-state index in [4.69, 9.17) is 16.3 Å².